The zero-order chi connectivity index (χ0) is 25.1. The fourth-order valence-corrected chi connectivity index (χ4v) is 4.16. The first-order valence-electron chi connectivity index (χ1n) is 9.66. The Morgan fingerprint density at radius 3 is 2.24 bits per heavy atom. The number of allylic oxidation sites excluding steroid dienone is 1. The van der Waals surface area contributed by atoms with Crippen molar-refractivity contribution in [2.75, 3.05) is 26.5 Å². The molecule has 0 aromatic heterocycles. The molecule has 0 aliphatic heterocycles. The standard InChI is InChI=1S/C20H22F3NO8S/c1-4-33(29,30)14-9-8-11(18(28)16-12(25)6-5-7-13(16)26)17(20(21,22)23)19(14)32-10-15(27)24(2)31-3/h8-9,28H,4-7,10H2,1-3H3. The van der Waals surface area contributed by atoms with Crippen LogP contribution >= 0.6 is 0 Å². The number of likely N-dealkylation sites (N-methyl/N-ethyl adjacent to an activating group) is 1. The van der Waals surface area contributed by atoms with Crippen molar-refractivity contribution >= 4 is 33.1 Å². The van der Waals surface area contributed by atoms with E-state index in [4.69, 9.17) is 4.74 Å². The summed E-state index contributed by atoms with van der Waals surface area (Å²) in [6, 6.07) is 1.41. The van der Waals surface area contributed by atoms with Gasteiger partial charge in [0.2, 0.25) is 0 Å². The molecule has 1 aromatic rings. The fraction of sp³-hybridized carbons (Fsp3) is 0.450. The zero-order valence-electron chi connectivity index (χ0n) is 18.0. The highest BCUT2D eigenvalue weighted by Gasteiger charge is 2.42. The van der Waals surface area contributed by atoms with E-state index in [1.807, 2.05) is 0 Å². The van der Waals surface area contributed by atoms with Crippen molar-refractivity contribution in [3.05, 3.63) is 28.8 Å². The fourth-order valence-electron chi connectivity index (χ4n) is 3.13. The van der Waals surface area contributed by atoms with Gasteiger partial charge in [-0.15, -0.1) is 0 Å². The van der Waals surface area contributed by atoms with Crippen LogP contribution in [0.1, 0.15) is 37.3 Å². The third-order valence-electron chi connectivity index (χ3n) is 4.94. The molecule has 1 aliphatic rings. The third-order valence-corrected chi connectivity index (χ3v) is 6.69. The predicted molar refractivity (Wildman–Crippen MR) is 108 cm³/mol. The number of hydrogen-bond donors (Lipinski definition) is 1. The summed E-state index contributed by atoms with van der Waals surface area (Å²) in [5.41, 5.74) is -3.54. The number of Topliss-reactive ketones (excluding diaryl/α,β-unsaturated/α-hetero) is 2. The van der Waals surface area contributed by atoms with Crippen LogP contribution in [0.5, 0.6) is 5.75 Å². The highest BCUT2D eigenvalue weighted by atomic mass is 32.2. The summed E-state index contributed by atoms with van der Waals surface area (Å²) in [6.45, 7) is 0.168. The van der Waals surface area contributed by atoms with Crippen LogP contribution < -0.4 is 4.74 Å². The Kier molecular flexibility index (Phi) is 7.91. The lowest BCUT2D eigenvalue weighted by Crippen LogP contribution is -2.31. The average molecular weight is 493 g/mol. The Bertz CT molecular complexity index is 1090. The molecule has 13 heteroatoms. The summed E-state index contributed by atoms with van der Waals surface area (Å²) in [7, 11) is -2.01. The molecular formula is C20H22F3NO8S. The minimum atomic E-state index is -5.30. The number of aliphatic hydroxyl groups is 1. The summed E-state index contributed by atoms with van der Waals surface area (Å²) in [5, 5.41) is 11.2. The normalized spacial score (nSPS) is 14.9. The molecule has 1 saturated carbocycles. The molecule has 1 aliphatic carbocycles. The molecule has 0 heterocycles. The molecule has 9 nitrogen and oxygen atoms in total. The number of carbonyl (C=O) groups excluding carboxylic acids is 3. The average Bonchev–Trinajstić information content (AvgIpc) is 2.75. The summed E-state index contributed by atoms with van der Waals surface area (Å²) in [5.74, 6) is -5.65. The molecular weight excluding hydrogens is 471 g/mol. The number of ketones is 2. The van der Waals surface area contributed by atoms with Gasteiger partial charge in [-0.2, -0.15) is 13.2 Å². The molecule has 0 radical (unpaired) electrons. The minimum Gasteiger partial charge on any atom is -0.506 e. The Hall–Kier alpha value is -2.93. The van der Waals surface area contributed by atoms with Crippen LogP contribution in [-0.2, 0) is 35.2 Å². The molecule has 0 unspecified atom stereocenters. The van der Waals surface area contributed by atoms with E-state index in [2.05, 4.69) is 4.84 Å². The quantitative estimate of drug-likeness (QED) is 0.266. The first-order valence-corrected chi connectivity index (χ1v) is 11.3. The highest BCUT2D eigenvalue weighted by Crippen LogP contribution is 2.45. The van der Waals surface area contributed by atoms with E-state index in [9.17, 15) is 41.1 Å². The molecule has 1 fully saturated rings. The van der Waals surface area contributed by atoms with E-state index < -0.39 is 79.0 Å². The van der Waals surface area contributed by atoms with Crippen LogP contribution in [0.2, 0.25) is 0 Å². The molecule has 33 heavy (non-hydrogen) atoms. The van der Waals surface area contributed by atoms with Gasteiger partial charge in [-0.1, -0.05) is 6.92 Å². The van der Waals surface area contributed by atoms with Gasteiger partial charge in [-0.3, -0.25) is 19.2 Å². The maximum atomic E-state index is 14.2. The molecule has 0 saturated heterocycles. The molecule has 182 valence electrons. The van der Waals surface area contributed by atoms with Crippen molar-refractivity contribution in [3.8, 4) is 5.75 Å². The van der Waals surface area contributed by atoms with Gasteiger partial charge >= 0.3 is 6.18 Å². The van der Waals surface area contributed by atoms with E-state index in [0.29, 0.717) is 11.1 Å². The number of hydroxylamine groups is 2. The summed E-state index contributed by atoms with van der Waals surface area (Å²) in [4.78, 5) is 40.0. The van der Waals surface area contributed by atoms with Gasteiger partial charge in [0.15, 0.2) is 33.8 Å². The zero-order valence-corrected chi connectivity index (χ0v) is 18.8. The monoisotopic (exact) mass is 493 g/mol. The van der Waals surface area contributed by atoms with Gasteiger partial charge in [0.1, 0.15) is 21.8 Å². The topological polar surface area (TPSA) is 127 Å². The molecule has 0 spiro atoms. The third kappa shape index (κ3) is 5.53. The van der Waals surface area contributed by atoms with E-state index in [0.717, 1.165) is 20.2 Å². The van der Waals surface area contributed by atoms with Crippen molar-refractivity contribution in [2.45, 2.75) is 37.3 Å². The van der Waals surface area contributed by atoms with Gasteiger partial charge in [-0.25, -0.2) is 13.5 Å². The van der Waals surface area contributed by atoms with Gasteiger partial charge in [0.25, 0.3) is 5.91 Å². The second-order valence-electron chi connectivity index (χ2n) is 7.00. The van der Waals surface area contributed by atoms with Crippen LogP contribution in [0.15, 0.2) is 22.6 Å². The van der Waals surface area contributed by atoms with Crippen LogP contribution in [0, 0.1) is 0 Å². The number of carbonyl (C=O) groups is 3. The minimum absolute atomic E-state index is 0.143. The first kappa shape index (κ1) is 26.3. The van der Waals surface area contributed by atoms with Crippen molar-refractivity contribution < 1.29 is 50.7 Å². The van der Waals surface area contributed by atoms with Crippen molar-refractivity contribution in [2.24, 2.45) is 0 Å². The second-order valence-corrected chi connectivity index (χ2v) is 9.25. The molecule has 0 bridgehead atoms. The van der Waals surface area contributed by atoms with Gasteiger partial charge in [0, 0.05) is 25.5 Å². The molecule has 1 amide bonds. The van der Waals surface area contributed by atoms with E-state index >= 15 is 0 Å². The number of sulfone groups is 1. The van der Waals surface area contributed by atoms with Crippen molar-refractivity contribution in [1.82, 2.24) is 5.06 Å². The number of aliphatic hydroxyl groups excluding tert-OH is 1. The smallest absolute Gasteiger partial charge is 0.420 e. The number of rotatable bonds is 7. The maximum absolute atomic E-state index is 14.2. The largest absolute Gasteiger partial charge is 0.506 e. The Balaban J connectivity index is 2.84. The number of hydrogen-bond acceptors (Lipinski definition) is 8. The Morgan fingerprint density at radius 1 is 1.18 bits per heavy atom. The number of benzene rings is 1. The highest BCUT2D eigenvalue weighted by molar-refractivity contribution is 7.91. The molecule has 2 rings (SSSR count). The Morgan fingerprint density at radius 2 is 1.76 bits per heavy atom. The summed E-state index contributed by atoms with van der Waals surface area (Å²) in [6.07, 6.45) is -5.39. The van der Waals surface area contributed by atoms with Gasteiger partial charge in [-0.05, 0) is 18.6 Å². The molecule has 1 N–H and O–H groups in total. The first-order chi connectivity index (χ1) is 15.3. The lowest BCUT2D eigenvalue weighted by molar-refractivity contribution is -0.171. The van der Waals surface area contributed by atoms with Crippen LogP contribution in [-0.4, -0.2) is 62.6 Å². The van der Waals surface area contributed by atoms with Crippen molar-refractivity contribution in [1.29, 1.82) is 0 Å². The Labute approximate surface area is 187 Å². The molecule has 0 atom stereocenters. The van der Waals surface area contributed by atoms with Crippen molar-refractivity contribution in [3.63, 3.8) is 0 Å². The number of nitrogens with zero attached hydrogens (tertiary/aromatic N) is 1. The summed E-state index contributed by atoms with van der Waals surface area (Å²) >= 11 is 0. The maximum Gasteiger partial charge on any atom is 0.420 e. The summed E-state index contributed by atoms with van der Waals surface area (Å²) < 4.78 is 72.4. The predicted octanol–water partition coefficient (Wildman–Crippen LogP) is 2.49. The van der Waals surface area contributed by atoms with Crippen LogP contribution in [0.3, 0.4) is 0 Å². The lowest BCUT2D eigenvalue weighted by atomic mass is 9.88. The van der Waals surface area contributed by atoms with E-state index in [-0.39, 0.29) is 19.3 Å². The number of alkyl halides is 3. The second kappa shape index (κ2) is 9.91. The number of ether oxygens (including phenoxy) is 1. The number of halogens is 3. The SMILES string of the molecule is CCS(=O)(=O)c1ccc(C(O)=C2C(=O)CCCC2=O)c(C(F)(F)F)c1OCC(=O)N(C)OC. The lowest BCUT2D eigenvalue weighted by Gasteiger charge is -2.22. The van der Waals surface area contributed by atoms with Crippen LogP contribution in [0.25, 0.3) is 5.76 Å². The van der Waals surface area contributed by atoms with Gasteiger partial charge < -0.3 is 9.84 Å². The van der Waals surface area contributed by atoms with E-state index in [1.165, 1.54) is 6.92 Å². The molecule has 1 aromatic carbocycles. The number of amides is 1. The van der Waals surface area contributed by atoms with Crippen LogP contribution in [0.4, 0.5) is 13.2 Å². The van der Waals surface area contributed by atoms with E-state index in [1.54, 1.807) is 0 Å². The van der Waals surface area contributed by atoms with Gasteiger partial charge in [0.05, 0.1) is 12.9 Å².